The molecule has 0 saturated carbocycles. The van der Waals surface area contributed by atoms with Crippen LogP contribution in [0.1, 0.15) is 11.1 Å². The summed E-state index contributed by atoms with van der Waals surface area (Å²) < 4.78 is 28.6. The number of fused-ring (bicyclic) bond motifs is 1. The maximum absolute atomic E-state index is 13.5. The summed E-state index contributed by atoms with van der Waals surface area (Å²) in [6.45, 7) is 3.87. The van der Waals surface area contributed by atoms with Gasteiger partial charge in [0, 0.05) is 11.8 Å². The van der Waals surface area contributed by atoms with E-state index in [2.05, 4.69) is 4.98 Å². The van der Waals surface area contributed by atoms with E-state index in [0.29, 0.717) is 11.3 Å². The summed E-state index contributed by atoms with van der Waals surface area (Å²) in [7, 11) is -3.73. The molecule has 4 rings (SSSR count). The molecule has 4 nitrogen and oxygen atoms in total. The zero-order valence-corrected chi connectivity index (χ0v) is 15.4. The van der Waals surface area contributed by atoms with Crippen molar-refractivity contribution in [3.63, 3.8) is 0 Å². The first-order valence-electron chi connectivity index (χ1n) is 8.33. The second-order valence-corrected chi connectivity index (χ2v) is 8.25. The van der Waals surface area contributed by atoms with Crippen LogP contribution in [0.5, 0.6) is 0 Å². The number of rotatable bonds is 3. The lowest BCUT2D eigenvalue weighted by Gasteiger charge is -2.08. The van der Waals surface area contributed by atoms with E-state index in [0.717, 1.165) is 16.7 Å². The normalized spacial score (nSPS) is 11.8. The third-order valence-electron chi connectivity index (χ3n) is 4.36. The van der Waals surface area contributed by atoms with Crippen LogP contribution >= 0.6 is 0 Å². The summed E-state index contributed by atoms with van der Waals surface area (Å²) in [5.41, 5.74) is 3.84. The first-order valence-corrected chi connectivity index (χ1v) is 9.81. The maximum Gasteiger partial charge on any atom is 0.224 e. The van der Waals surface area contributed by atoms with Gasteiger partial charge in [-0.05, 0) is 37.6 Å². The van der Waals surface area contributed by atoms with Crippen LogP contribution in [0, 0.1) is 13.8 Å². The number of pyridine rings is 1. The first-order chi connectivity index (χ1) is 12.5. The van der Waals surface area contributed by atoms with Gasteiger partial charge in [0.1, 0.15) is 11.3 Å². The SMILES string of the molecule is Cc1ccc(S(=O)(=O)c2c(-c3ccccc3)nc3ccc(C)cn23)cc1. The highest BCUT2D eigenvalue weighted by atomic mass is 32.2. The van der Waals surface area contributed by atoms with Crippen LogP contribution in [-0.2, 0) is 9.84 Å². The van der Waals surface area contributed by atoms with E-state index in [4.69, 9.17) is 0 Å². The van der Waals surface area contributed by atoms with Gasteiger partial charge in [-0.3, -0.25) is 4.40 Å². The zero-order chi connectivity index (χ0) is 18.3. The van der Waals surface area contributed by atoms with Crippen LogP contribution in [0.2, 0.25) is 0 Å². The lowest BCUT2D eigenvalue weighted by Crippen LogP contribution is -2.07. The third kappa shape index (κ3) is 2.70. The van der Waals surface area contributed by atoms with Crippen LogP contribution in [0.25, 0.3) is 16.9 Å². The van der Waals surface area contributed by atoms with Gasteiger partial charge in [-0.25, -0.2) is 13.4 Å². The molecule has 0 unspecified atom stereocenters. The Morgan fingerprint density at radius 1 is 0.808 bits per heavy atom. The maximum atomic E-state index is 13.5. The van der Waals surface area contributed by atoms with Crippen LogP contribution < -0.4 is 0 Å². The van der Waals surface area contributed by atoms with Crippen molar-refractivity contribution >= 4 is 15.5 Å². The Bertz CT molecular complexity index is 1190. The van der Waals surface area contributed by atoms with Gasteiger partial charge < -0.3 is 0 Å². The van der Waals surface area contributed by atoms with Crippen LogP contribution in [-0.4, -0.2) is 17.8 Å². The largest absolute Gasteiger partial charge is 0.289 e. The van der Waals surface area contributed by atoms with Crippen molar-refractivity contribution < 1.29 is 8.42 Å². The molecule has 0 atom stereocenters. The Kier molecular flexibility index (Phi) is 3.89. The lowest BCUT2D eigenvalue weighted by molar-refractivity contribution is 0.591. The fourth-order valence-corrected chi connectivity index (χ4v) is 4.54. The monoisotopic (exact) mass is 362 g/mol. The lowest BCUT2D eigenvalue weighted by atomic mass is 10.2. The molecule has 0 aliphatic carbocycles. The van der Waals surface area contributed by atoms with E-state index in [-0.39, 0.29) is 9.92 Å². The number of aryl methyl sites for hydroxylation is 2. The van der Waals surface area contributed by atoms with Crippen LogP contribution in [0.3, 0.4) is 0 Å². The summed E-state index contributed by atoms with van der Waals surface area (Å²) in [6, 6.07) is 20.1. The average Bonchev–Trinajstić information content (AvgIpc) is 3.02. The molecule has 0 spiro atoms. The van der Waals surface area contributed by atoms with Crippen molar-refractivity contribution in [3.8, 4) is 11.3 Å². The minimum atomic E-state index is -3.73. The number of sulfone groups is 1. The molecule has 5 heteroatoms. The van der Waals surface area contributed by atoms with Crippen molar-refractivity contribution in [1.82, 2.24) is 9.38 Å². The predicted octanol–water partition coefficient (Wildman–Crippen LogP) is 4.45. The minimum Gasteiger partial charge on any atom is -0.289 e. The Labute approximate surface area is 152 Å². The molecule has 26 heavy (non-hydrogen) atoms. The summed E-state index contributed by atoms with van der Waals surface area (Å²) >= 11 is 0. The molecule has 0 aliphatic rings. The van der Waals surface area contributed by atoms with Gasteiger partial charge in [0.2, 0.25) is 9.84 Å². The van der Waals surface area contributed by atoms with E-state index in [1.54, 1.807) is 16.5 Å². The predicted molar refractivity (Wildman–Crippen MR) is 102 cm³/mol. The minimum absolute atomic E-state index is 0.200. The molecule has 0 bridgehead atoms. The van der Waals surface area contributed by atoms with Crippen molar-refractivity contribution in [2.45, 2.75) is 23.8 Å². The molecule has 2 aromatic heterocycles. The second-order valence-electron chi connectivity index (χ2n) is 6.38. The topological polar surface area (TPSA) is 51.4 Å². The molecule has 0 aliphatic heterocycles. The standard InChI is InChI=1S/C21H18N2O2S/c1-15-8-11-18(12-9-15)26(24,25)21-20(17-6-4-3-5-7-17)22-19-13-10-16(2)14-23(19)21/h3-14H,1-2H3. The summed E-state index contributed by atoms with van der Waals surface area (Å²) in [4.78, 5) is 4.88. The average molecular weight is 362 g/mol. The van der Waals surface area contributed by atoms with Crippen molar-refractivity contribution in [2.24, 2.45) is 0 Å². The smallest absolute Gasteiger partial charge is 0.224 e. The zero-order valence-electron chi connectivity index (χ0n) is 14.5. The molecular formula is C21H18N2O2S. The Morgan fingerprint density at radius 2 is 1.46 bits per heavy atom. The summed E-state index contributed by atoms with van der Waals surface area (Å²) in [5, 5.41) is 0.200. The fourth-order valence-electron chi connectivity index (χ4n) is 3.00. The van der Waals surface area contributed by atoms with Gasteiger partial charge in [0.25, 0.3) is 0 Å². The van der Waals surface area contributed by atoms with Crippen molar-refractivity contribution in [1.29, 1.82) is 0 Å². The molecule has 0 N–H and O–H groups in total. The highest BCUT2D eigenvalue weighted by molar-refractivity contribution is 7.91. The molecule has 0 amide bonds. The van der Waals surface area contributed by atoms with Gasteiger partial charge in [0.05, 0.1) is 4.90 Å². The number of hydrogen-bond donors (Lipinski definition) is 0. The molecule has 0 fully saturated rings. The van der Waals surface area contributed by atoms with E-state index in [9.17, 15) is 8.42 Å². The van der Waals surface area contributed by atoms with Crippen molar-refractivity contribution in [2.75, 3.05) is 0 Å². The van der Waals surface area contributed by atoms with Gasteiger partial charge in [-0.1, -0.05) is 54.1 Å². The summed E-state index contributed by atoms with van der Waals surface area (Å²) in [5.74, 6) is 0. The van der Waals surface area contributed by atoms with Crippen LogP contribution in [0.15, 0.2) is 82.8 Å². The number of hydrogen-bond acceptors (Lipinski definition) is 3. The Balaban J connectivity index is 2.07. The van der Waals surface area contributed by atoms with Crippen LogP contribution in [0.4, 0.5) is 0 Å². The Morgan fingerprint density at radius 3 is 2.15 bits per heavy atom. The molecule has 2 heterocycles. The molecule has 2 aromatic carbocycles. The first kappa shape index (κ1) is 16.5. The van der Waals surface area contributed by atoms with Crippen molar-refractivity contribution in [3.05, 3.63) is 84.1 Å². The van der Waals surface area contributed by atoms with E-state index in [1.165, 1.54) is 0 Å². The molecule has 0 saturated heterocycles. The number of nitrogens with zero attached hydrogens (tertiary/aromatic N) is 2. The number of benzene rings is 2. The van der Waals surface area contributed by atoms with E-state index in [1.807, 2.05) is 74.6 Å². The second kappa shape index (κ2) is 6.11. The third-order valence-corrected chi connectivity index (χ3v) is 6.15. The molecule has 4 aromatic rings. The molecule has 0 radical (unpaired) electrons. The number of aromatic nitrogens is 2. The summed E-state index contributed by atoms with van der Waals surface area (Å²) in [6.07, 6.45) is 1.82. The van der Waals surface area contributed by atoms with E-state index < -0.39 is 9.84 Å². The van der Waals surface area contributed by atoms with Gasteiger partial charge in [0.15, 0.2) is 5.03 Å². The quantitative estimate of drug-likeness (QED) is 0.541. The molecule has 130 valence electrons. The Hall–Kier alpha value is -2.92. The van der Waals surface area contributed by atoms with E-state index >= 15 is 0 Å². The van der Waals surface area contributed by atoms with Gasteiger partial charge in [-0.2, -0.15) is 0 Å². The highest BCUT2D eigenvalue weighted by Crippen LogP contribution is 2.32. The fraction of sp³-hybridized carbons (Fsp3) is 0.0952. The number of imidazole rings is 1. The highest BCUT2D eigenvalue weighted by Gasteiger charge is 2.28. The molecular weight excluding hydrogens is 344 g/mol. The van der Waals surface area contributed by atoms with Gasteiger partial charge in [-0.15, -0.1) is 0 Å². The van der Waals surface area contributed by atoms with Gasteiger partial charge >= 0.3 is 0 Å².